The molecule has 0 aliphatic carbocycles. The van der Waals surface area contributed by atoms with Crippen molar-refractivity contribution in [2.24, 2.45) is 0 Å². The number of rotatable bonds is 8. The van der Waals surface area contributed by atoms with Gasteiger partial charge in [-0.25, -0.2) is 4.98 Å². The first-order valence-corrected chi connectivity index (χ1v) is 12.0. The maximum atomic E-state index is 12.6. The van der Waals surface area contributed by atoms with Gasteiger partial charge >= 0.3 is 0 Å². The molecule has 0 saturated heterocycles. The zero-order valence-corrected chi connectivity index (χ0v) is 20.8. The van der Waals surface area contributed by atoms with E-state index in [4.69, 9.17) is 21.3 Å². The van der Waals surface area contributed by atoms with Crippen molar-refractivity contribution in [1.29, 1.82) is 0 Å². The summed E-state index contributed by atoms with van der Waals surface area (Å²) < 4.78 is 7.43. The highest BCUT2D eigenvalue weighted by atomic mass is 35.5. The second-order valence-corrected chi connectivity index (χ2v) is 9.05. The molecule has 0 aliphatic heterocycles. The van der Waals surface area contributed by atoms with Gasteiger partial charge in [0.25, 0.3) is 0 Å². The molecule has 2 aromatic heterocycles. The van der Waals surface area contributed by atoms with Crippen molar-refractivity contribution >= 4 is 23.2 Å². The Bertz CT molecular complexity index is 1310. The van der Waals surface area contributed by atoms with E-state index in [0.717, 1.165) is 56.5 Å². The standard InChI is InChI=1S/C28H30ClN3O2/c1-5-19(3)30-27(33)15-13-25-28(20-6-10-23(34-4)11-7-20)31-26-14-8-21(17-32(25)26)24-12-9-22(29)16-18(24)2/h6-12,14,16-17,19H,5,13,15H2,1-4H3,(H,30,33)/t19-/m1/s1. The van der Waals surface area contributed by atoms with Gasteiger partial charge in [-0.1, -0.05) is 24.6 Å². The topological polar surface area (TPSA) is 55.6 Å². The lowest BCUT2D eigenvalue weighted by molar-refractivity contribution is -0.121. The van der Waals surface area contributed by atoms with Gasteiger partial charge in [0, 0.05) is 29.2 Å². The Morgan fingerprint density at radius 2 is 1.85 bits per heavy atom. The Morgan fingerprint density at radius 3 is 2.53 bits per heavy atom. The number of imidazole rings is 1. The number of carbonyl (C=O) groups excluding carboxylic acids is 1. The van der Waals surface area contributed by atoms with Gasteiger partial charge in [0.2, 0.25) is 5.91 Å². The first kappa shape index (κ1) is 23.8. The van der Waals surface area contributed by atoms with Gasteiger partial charge in [0.1, 0.15) is 11.4 Å². The van der Waals surface area contributed by atoms with Gasteiger partial charge in [-0.15, -0.1) is 0 Å². The number of halogens is 1. The highest BCUT2D eigenvalue weighted by Gasteiger charge is 2.17. The van der Waals surface area contributed by atoms with E-state index in [1.807, 2.05) is 55.5 Å². The van der Waals surface area contributed by atoms with E-state index in [9.17, 15) is 4.79 Å². The Balaban J connectivity index is 1.78. The minimum atomic E-state index is 0.0506. The number of nitrogens with zero attached hydrogens (tertiary/aromatic N) is 2. The van der Waals surface area contributed by atoms with Crippen LogP contribution in [0.4, 0.5) is 0 Å². The quantitative estimate of drug-likeness (QED) is 0.317. The van der Waals surface area contributed by atoms with Gasteiger partial charge in [-0.3, -0.25) is 4.79 Å². The summed E-state index contributed by atoms with van der Waals surface area (Å²) >= 11 is 6.17. The molecule has 34 heavy (non-hydrogen) atoms. The highest BCUT2D eigenvalue weighted by molar-refractivity contribution is 6.30. The van der Waals surface area contributed by atoms with E-state index >= 15 is 0 Å². The Kier molecular flexibility index (Phi) is 7.23. The van der Waals surface area contributed by atoms with Gasteiger partial charge in [-0.05, 0) is 91.9 Å². The van der Waals surface area contributed by atoms with Gasteiger partial charge < -0.3 is 14.5 Å². The van der Waals surface area contributed by atoms with Crippen LogP contribution in [-0.2, 0) is 11.2 Å². The zero-order chi connectivity index (χ0) is 24.2. The number of hydrogen-bond donors (Lipinski definition) is 1. The predicted octanol–water partition coefficient (Wildman–Crippen LogP) is 6.49. The summed E-state index contributed by atoms with van der Waals surface area (Å²) in [6.45, 7) is 6.15. The molecule has 4 aromatic rings. The number of pyridine rings is 1. The van der Waals surface area contributed by atoms with E-state index < -0.39 is 0 Å². The molecule has 0 bridgehead atoms. The molecule has 0 aliphatic rings. The first-order chi connectivity index (χ1) is 16.4. The Labute approximate surface area is 205 Å². The molecule has 1 N–H and O–H groups in total. The smallest absolute Gasteiger partial charge is 0.220 e. The van der Waals surface area contributed by atoms with Gasteiger partial charge in [0.15, 0.2) is 0 Å². The summed E-state index contributed by atoms with van der Waals surface area (Å²) in [5, 5.41) is 3.79. The molecule has 6 heteroatoms. The molecule has 0 radical (unpaired) electrons. The van der Waals surface area contributed by atoms with Crippen molar-refractivity contribution in [3.8, 4) is 28.1 Å². The molecule has 0 spiro atoms. The van der Waals surface area contributed by atoms with Crippen LogP contribution in [0.15, 0.2) is 60.8 Å². The lowest BCUT2D eigenvalue weighted by atomic mass is 10.0. The number of nitrogens with one attached hydrogen (secondary N) is 1. The largest absolute Gasteiger partial charge is 0.497 e. The summed E-state index contributed by atoms with van der Waals surface area (Å²) in [7, 11) is 1.65. The monoisotopic (exact) mass is 475 g/mol. The molecule has 0 saturated carbocycles. The van der Waals surface area contributed by atoms with Crippen LogP contribution in [-0.4, -0.2) is 28.4 Å². The van der Waals surface area contributed by atoms with Crippen LogP contribution >= 0.6 is 11.6 Å². The molecule has 1 atom stereocenters. The van der Waals surface area contributed by atoms with E-state index in [0.29, 0.717) is 12.8 Å². The zero-order valence-electron chi connectivity index (χ0n) is 20.1. The van der Waals surface area contributed by atoms with E-state index in [1.54, 1.807) is 7.11 Å². The van der Waals surface area contributed by atoms with Crippen molar-refractivity contribution in [2.45, 2.75) is 46.1 Å². The third kappa shape index (κ3) is 5.10. The Hall–Kier alpha value is -3.31. The molecular formula is C28H30ClN3O2. The lowest BCUT2D eigenvalue weighted by Gasteiger charge is -2.12. The molecule has 5 nitrogen and oxygen atoms in total. The lowest BCUT2D eigenvalue weighted by Crippen LogP contribution is -2.32. The summed E-state index contributed by atoms with van der Waals surface area (Å²) in [4.78, 5) is 17.5. The maximum absolute atomic E-state index is 12.6. The number of amides is 1. The van der Waals surface area contributed by atoms with Crippen molar-refractivity contribution in [2.75, 3.05) is 7.11 Å². The van der Waals surface area contributed by atoms with Crippen molar-refractivity contribution < 1.29 is 9.53 Å². The van der Waals surface area contributed by atoms with Crippen molar-refractivity contribution in [1.82, 2.24) is 14.7 Å². The number of aromatic nitrogens is 2. The van der Waals surface area contributed by atoms with Gasteiger partial charge in [0.05, 0.1) is 18.5 Å². The summed E-state index contributed by atoms with van der Waals surface area (Å²) in [6, 6.07) is 18.1. The average molecular weight is 476 g/mol. The fourth-order valence-corrected chi connectivity index (χ4v) is 4.33. The van der Waals surface area contributed by atoms with Crippen LogP contribution in [0.5, 0.6) is 5.75 Å². The highest BCUT2D eigenvalue weighted by Crippen LogP contribution is 2.31. The van der Waals surface area contributed by atoms with Crippen LogP contribution in [0, 0.1) is 6.92 Å². The third-order valence-corrected chi connectivity index (χ3v) is 6.42. The van der Waals surface area contributed by atoms with Crippen molar-refractivity contribution in [3.63, 3.8) is 0 Å². The minimum absolute atomic E-state index is 0.0506. The fraction of sp³-hybridized carbons (Fsp3) is 0.286. The molecule has 0 unspecified atom stereocenters. The minimum Gasteiger partial charge on any atom is -0.497 e. The van der Waals surface area contributed by atoms with Crippen LogP contribution in [0.3, 0.4) is 0 Å². The fourth-order valence-electron chi connectivity index (χ4n) is 4.10. The Morgan fingerprint density at radius 1 is 1.12 bits per heavy atom. The molecular weight excluding hydrogens is 446 g/mol. The number of hydrogen-bond acceptors (Lipinski definition) is 3. The number of methoxy groups -OCH3 is 1. The van der Waals surface area contributed by atoms with E-state index in [1.165, 1.54) is 0 Å². The maximum Gasteiger partial charge on any atom is 0.220 e. The van der Waals surface area contributed by atoms with Crippen LogP contribution in [0.2, 0.25) is 5.02 Å². The SMILES string of the molecule is CC[C@@H](C)NC(=O)CCc1c(-c2ccc(OC)cc2)nc2ccc(-c3ccc(Cl)cc3C)cn12. The van der Waals surface area contributed by atoms with Gasteiger partial charge in [-0.2, -0.15) is 0 Å². The summed E-state index contributed by atoms with van der Waals surface area (Å²) in [5.41, 5.74) is 7.02. The number of aryl methyl sites for hydroxylation is 2. The second-order valence-electron chi connectivity index (χ2n) is 8.62. The van der Waals surface area contributed by atoms with Crippen LogP contribution in [0.25, 0.3) is 28.0 Å². The third-order valence-electron chi connectivity index (χ3n) is 6.19. The van der Waals surface area contributed by atoms with E-state index in [-0.39, 0.29) is 11.9 Å². The molecule has 176 valence electrons. The predicted molar refractivity (Wildman–Crippen MR) is 139 cm³/mol. The second kappa shape index (κ2) is 10.3. The molecule has 4 rings (SSSR count). The average Bonchev–Trinajstić information content (AvgIpc) is 3.20. The normalized spacial score (nSPS) is 12.0. The number of carbonyl (C=O) groups is 1. The molecule has 1 amide bonds. The van der Waals surface area contributed by atoms with Crippen LogP contribution < -0.4 is 10.1 Å². The van der Waals surface area contributed by atoms with Crippen LogP contribution in [0.1, 0.15) is 37.9 Å². The molecule has 2 aromatic carbocycles. The van der Waals surface area contributed by atoms with Crippen molar-refractivity contribution in [3.05, 3.63) is 77.1 Å². The number of ether oxygens (including phenoxy) is 1. The molecule has 0 fully saturated rings. The number of fused-ring (bicyclic) bond motifs is 1. The van der Waals surface area contributed by atoms with E-state index in [2.05, 4.69) is 35.8 Å². The number of benzene rings is 2. The summed E-state index contributed by atoms with van der Waals surface area (Å²) in [6.07, 6.45) is 3.98. The first-order valence-electron chi connectivity index (χ1n) is 11.6. The summed E-state index contributed by atoms with van der Waals surface area (Å²) in [5.74, 6) is 0.845. The molecule has 2 heterocycles.